The summed E-state index contributed by atoms with van der Waals surface area (Å²) in [6, 6.07) is 12.1. The number of fused-ring (bicyclic) bond motifs is 3. The predicted molar refractivity (Wildman–Crippen MR) is 110 cm³/mol. The summed E-state index contributed by atoms with van der Waals surface area (Å²) in [7, 11) is 1.92. The monoisotopic (exact) mass is 439 g/mol. The van der Waals surface area contributed by atoms with Crippen LogP contribution < -0.4 is 5.43 Å². The first-order chi connectivity index (χ1) is 13.4. The van der Waals surface area contributed by atoms with Crippen molar-refractivity contribution in [3.05, 3.63) is 62.6 Å². The molecule has 0 radical (unpaired) electrons. The normalized spacial score (nSPS) is 11.9. The maximum absolute atomic E-state index is 10.7. The second-order valence-electron chi connectivity index (χ2n) is 6.14. The van der Waals surface area contributed by atoms with Gasteiger partial charge in [-0.15, -0.1) is 10.2 Å². The van der Waals surface area contributed by atoms with Crippen molar-refractivity contribution in [2.75, 3.05) is 5.43 Å². The van der Waals surface area contributed by atoms with Crippen molar-refractivity contribution in [3.8, 4) is 0 Å². The minimum Gasteiger partial charge on any atom is -0.327 e. The maximum Gasteiger partial charge on any atom is 0.269 e. The number of nitro benzene ring substituents is 1. The van der Waals surface area contributed by atoms with E-state index < -0.39 is 4.92 Å². The van der Waals surface area contributed by atoms with Crippen LogP contribution in [0.2, 0.25) is 0 Å². The number of nitro groups is 1. The van der Waals surface area contributed by atoms with Gasteiger partial charge in [-0.05, 0) is 42.8 Å². The Morgan fingerprint density at radius 1 is 1.21 bits per heavy atom. The average molecular weight is 440 g/mol. The van der Waals surface area contributed by atoms with E-state index in [2.05, 4.69) is 41.6 Å². The van der Waals surface area contributed by atoms with Gasteiger partial charge in [0.1, 0.15) is 5.52 Å². The van der Waals surface area contributed by atoms with Crippen LogP contribution in [0.25, 0.3) is 22.1 Å². The number of halogens is 1. The summed E-state index contributed by atoms with van der Waals surface area (Å²) in [6.45, 7) is 1.79. The van der Waals surface area contributed by atoms with Crippen molar-refractivity contribution in [2.45, 2.75) is 6.92 Å². The van der Waals surface area contributed by atoms with Crippen LogP contribution in [0.3, 0.4) is 0 Å². The molecule has 2 heterocycles. The van der Waals surface area contributed by atoms with Crippen molar-refractivity contribution in [2.24, 2.45) is 12.1 Å². The first-order valence-electron chi connectivity index (χ1n) is 8.27. The molecule has 0 unspecified atom stereocenters. The summed E-state index contributed by atoms with van der Waals surface area (Å²) in [6.07, 6.45) is 0. The van der Waals surface area contributed by atoms with Gasteiger partial charge < -0.3 is 4.57 Å². The van der Waals surface area contributed by atoms with Crippen LogP contribution in [-0.4, -0.2) is 30.4 Å². The summed E-state index contributed by atoms with van der Waals surface area (Å²) in [4.78, 5) is 14.8. The fourth-order valence-corrected chi connectivity index (χ4v) is 3.26. The molecular formula is C18H14BrN7O2. The number of anilines is 1. The van der Waals surface area contributed by atoms with Crippen LogP contribution >= 0.6 is 15.9 Å². The highest BCUT2D eigenvalue weighted by Gasteiger charge is 2.13. The van der Waals surface area contributed by atoms with Gasteiger partial charge in [0.2, 0.25) is 0 Å². The highest BCUT2D eigenvalue weighted by Crippen LogP contribution is 2.28. The average Bonchev–Trinajstić information content (AvgIpc) is 2.97. The molecule has 4 aromatic rings. The molecule has 0 aliphatic carbocycles. The van der Waals surface area contributed by atoms with Crippen LogP contribution in [0.1, 0.15) is 12.5 Å². The Bertz CT molecular complexity index is 1250. The molecule has 10 heteroatoms. The van der Waals surface area contributed by atoms with Crippen molar-refractivity contribution in [1.29, 1.82) is 0 Å². The molecule has 4 rings (SSSR count). The number of hydrazone groups is 1. The molecule has 0 saturated heterocycles. The molecule has 0 bridgehead atoms. The smallest absolute Gasteiger partial charge is 0.269 e. The summed E-state index contributed by atoms with van der Waals surface area (Å²) >= 11 is 3.47. The van der Waals surface area contributed by atoms with E-state index >= 15 is 0 Å². The van der Waals surface area contributed by atoms with E-state index in [0.29, 0.717) is 16.9 Å². The van der Waals surface area contributed by atoms with E-state index in [9.17, 15) is 10.1 Å². The number of nitrogens with one attached hydrogen (secondary N) is 1. The standard InChI is InChI=1S/C18H14BrN7O2/c1-10(11-3-6-13(7-4-11)26(27)28)21-23-18-20-17-16(22-24-18)14-9-12(19)5-8-15(14)25(17)2/h3-9H,1-2H3,(H,20,23,24). The molecule has 28 heavy (non-hydrogen) atoms. The maximum atomic E-state index is 10.7. The SMILES string of the molecule is CC(=NNc1nnc2c3cc(Br)ccc3n(C)c2n1)c1ccc([N+](=O)[O-])cc1. The fraction of sp³-hybridized carbons (Fsp3) is 0.111. The molecular weight excluding hydrogens is 426 g/mol. The topological polar surface area (TPSA) is 111 Å². The van der Waals surface area contributed by atoms with E-state index in [0.717, 1.165) is 20.9 Å². The molecule has 2 aromatic carbocycles. The number of nitrogens with zero attached hydrogens (tertiary/aromatic N) is 6. The van der Waals surface area contributed by atoms with E-state index in [1.807, 2.05) is 29.8 Å². The molecule has 1 N–H and O–H groups in total. The molecule has 0 atom stereocenters. The molecule has 0 fully saturated rings. The molecule has 0 spiro atoms. The van der Waals surface area contributed by atoms with Gasteiger partial charge in [0.25, 0.3) is 11.6 Å². The van der Waals surface area contributed by atoms with Gasteiger partial charge in [-0.1, -0.05) is 15.9 Å². The second kappa shape index (κ2) is 6.97. The number of hydrogen-bond acceptors (Lipinski definition) is 7. The minimum absolute atomic E-state index is 0.0323. The lowest BCUT2D eigenvalue weighted by Crippen LogP contribution is -2.04. The van der Waals surface area contributed by atoms with Gasteiger partial charge in [-0.2, -0.15) is 10.1 Å². The van der Waals surface area contributed by atoms with Gasteiger partial charge in [0.05, 0.1) is 16.2 Å². The van der Waals surface area contributed by atoms with Crippen LogP contribution in [0.5, 0.6) is 0 Å². The summed E-state index contributed by atoms with van der Waals surface area (Å²) in [5.41, 5.74) is 6.62. The third kappa shape index (κ3) is 3.18. The predicted octanol–water partition coefficient (Wildman–Crippen LogP) is 4.02. The fourth-order valence-electron chi connectivity index (χ4n) is 2.90. The molecule has 0 saturated carbocycles. The number of aryl methyl sites for hydroxylation is 1. The lowest BCUT2D eigenvalue weighted by molar-refractivity contribution is -0.384. The second-order valence-corrected chi connectivity index (χ2v) is 7.06. The third-order valence-electron chi connectivity index (χ3n) is 4.38. The lowest BCUT2D eigenvalue weighted by atomic mass is 10.1. The summed E-state index contributed by atoms with van der Waals surface area (Å²) < 4.78 is 2.91. The molecule has 0 aliphatic heterocycles. The zero-order valence-electron chi connectivity index (χ0n) is 14.9. The first kappa shape index (κ1) is 18.0. The van der Waals surface area contributed by atoms with Crippen molar-refractivity contribution in [1.82, 2.24) is 19.7 Å². The van der Waals surface area contributed by atoms with Crippen LogP contribution in [0, 0.1) is 10.1 Å². The van der Waals surface area contributed by atoms with Gasteiger partial charge in [-0.25, -0.2) is 5.43 Å². The van der Waals surface area contributed by atoms with Gasteiger partial charge in [0.15, 0.2) is 5.65 Å². The number of non-ortho nitro benzene ring substituents is 1. The quantitative estimate of drug-likeness (QED) is 0.292. The Morgan fingerprint density at radius 2 is 1.96 bits per heavy atom. The molecule has 2 aromatic heterocycles. The van der Waals surface area contributed by atoms with Gasteiger partial charge in [-0.3, -0.25) is 10.1 Å². The first-order valence-corrected chi connectivity index (χ1v) is 9.07. The van der Waals surface area contributed by atoms with Crippen molar-refractivity contribution < 1.29 is 4.92 Å². The Morgan fingerprint density at radius 3 is 2.68 bits per heavy atom. The summed E-state index contributed by atoms with van der Waals surface area (Å²) in [5.74, 6) is 0.263. The highest BCUT2D eigenvalue weighted by molar-refractivity contribution is 9.10. The Kier molecular flexibility index (Phi) is 4.47. The van der Waals surface area contributed by atoms with E-state index in [1.165, 1.54) is 12.1 Å². The zero-order valence-corrected chi connectivity index (χ0v) is 16.5. The minimum atomic E-state index is -0.439. The van der Waals surface area contributed by atoms with Gasteiger partial charge in [0, 0.05) is 29.0 Å². The highest BCUT2D eigenvalue weighted by atomic mass is 79.9. The van der Waals surface area contributed by atoms with Crippen LogP contribution in [-0.2, 0) is 7.05 Å². The number of hydrogen-bond donors (Lipinski definition) is 1. The number of aromatic nitrogens is 4. The molecule has 9 nitrogen and oxygen atoms in total. The lowest BCUT2D eigenvalue weighted by Gasteiger charge is -2.03. The van der Waals surface area contributed by atoms with Crippen molar-refractivity contribution >= 4 is 55.3 Å². The number of rotatable bonds is 4. The van der Waals surface area contributed by atoms with Crippen molar-refractivity contribution in [3.63, 3.8) is 0 Å². The van der Waals surface area contributed by atoms with E-state index in [1.54, 1.807) is 19.1 Å². The van der Waals surface area contributed by atoms with E-state index in [-0.39, 0.29) is 11.6 Å². The molecule has 0 amide bonds. The molecule has 0 aliphatic rings. The number of benzene rings is 2. The van der Waals surface area contributed by atoms with Gasteiger partial charge >= 0.3 is 0 Å². The Balaban J connectivity index is 1.64. The Hall–Kier alpha value is -3.40. The van der Waals surface area contributed by atoms with Crippen LogP contribution in [0.15, 0.2) is 52.0 Å². The molecule has 140 valence electrons. The third-order valence-corrected chi connectivity index (χ3v) is 4.87. The largest absolute Gasteiger partial charge is 0.327 e. The van der Waals surface area contributed by atoms with Crippen LogP contribution in [0.4, 0.5) is 11.6 Å². The zero-order chi connectivity index (χ0) is 19.8. The van der Waals surface area contributed by atoms with E-state index in [4.69, 9.17) is 0 Å². The summed E-state index contributed by atoms with van der Waals surface area (Å²) in [5, 5.41) is 24.4. The Labute approximate surface area is 167 Å².